The Kier molecular flexibility index (Phi) is 6.39. The number of aromatic nitrogens is 1. The molecule has 2 aliphatic rings. The van der Waals surface area contributed by atoms with E-state index in [2.05, 4.69) is 30.2 Å². The average molecular weight is 423 g/mol. The molecule has 0 spiro atoms. The van der Waals surface area contributed by atoms with E-state index in [0.29, 0.717) is 37.9 Å². The summed E-state index contributed by atoms with van der Waals surface area (Å²) < 4.78 is 6.04. The van der Waals surface area contributed by atoms with Crippen LogP contribution in [-0.4, -0.2) is 59.0 Å². The third-order valence-electron chi connectivity index (χ3n) is 5.81. The Morgan fingerprint density at radius 1 is 1.13 bits per heavy atom. The summed E-state index contributed by atoms with van der Waals surface area (Å²) in [5.41, 5.74) is 1.91. The Morgan fingerprint density at radius 2 is 1.90 bits per heavy atom. The van der Waals surface area contributed by atoms with Crippen molar-refractivity contribution >= 4 is 17.6 Å². The number of nitrogens with one attached hydrogen (secondary N) is 1. The summed E-state index contributed by atoms with van der Waals surface area (Å²) >= 11 is 0. The van der Waals surface area contributed by atoms with Crippen molar-refractivity contribution in [3.8, 4) is 5.75 Å². The molecular weight excluding hydrogens is 392 g/mol. The van der Waals surface area contributed by atoms with Gasteiger partial charge in [0.1, 0.15) is 11.9 Å². The minimum Gasteiger partial charge on any atom is -0.489 e. The van der Waals surface area contributed by atoms with E-state index in [1.165, 1.54) is 5.56 Å². The van der Waals surface area contributed by atoms with Gasteiger partial charge in [-0.1, -0.05) is 19.9 Å². The minimum absolute atomic E-state index is 0.0158. The smallest absolute Gasteiger partial charge is 0.321 e. The highest BCUT2D eigenvalue weighted by atomic mass is 16.5. The first-order valence-corrected chi connectivity index (χ1v) is 11.0. The predicted octanol–water partition coefficient (Wildman–Crippen LogP) is 3.74. The summed E-state index contributed by atoms with van der Waals surface area (Å²) in [6.45, 7) is 6.91. The van der Waals surface area contributed by atoms with E-state index in [-0.39, 0.29) is 18.0 Å². The number of amides is 3. The van der Waals surface area contributed by atoms with Gasteiger partial charge in [0, 0.05) is 56.5 Å². The van der Waals surface area contributed by atoms with Crippen LogP contribution < -0.4 is 10.1 Å². The highest BCUT2D eigenvalue weighted by Crippen LogP contribution is 2.27. The molecule has 31 heavy (non-hydrogen) atoms. The fraction of sp³-hybridized carbons (Fsp3) is 0.458. The van der Waals surface area contributed by atoms with Crippen LogP contribution in [-0.2, 0) is 4.79 Å². The van der Waals surface area contributed by atoms with E-state index >= 15 is 0 Å². The van der Waals surface area contributed by atoms with Crippen molar-refractivity contribution in [1.82, 2.24) is 14.8 Å². The zero-order chi connectivity index (χ0) is 21.8. The lowest BCUT2D eigenvalue weighted by atomic mass is 9.93. The van der Waals surface area contributed by atoms with Crippen molar-refractivity contribution in [3.63, 3.8) is 0 Å². The molecule has 1 atom stereocenters. The van der Waals surface area contributed by atoms with Crippen LogP contribution in [0.2, 0.25) is 0 Å². The number of ether oxygens (including phenoxy) is 1. The number of likely N-dealkylation sites (tertiary alicyclic amines) is 2. The number of carbonyl (C=O) groups excluding carboxylic acids is 2. The van der Waals surface area contributed by atoms with Crippen LogP contribution in [0.15, 0.2) is 48.8 Å². The molecule has 3 heterocycles. The fourth-order valence-corrected chi connectivity index (χ4v) is 4.01. The van der Waals surface area contributed by atoms with Gasteiger partial charge in [0.15, 0.2) is 0 Å². The Bertz CT molecular complexity index is 895. The van der Waals surface area contributed by atoms with Gasteiger partial charge in [0.05, 0.1) is 6.54 Å². The summed E-state index contributed by atoms with van der Waals surface area (Å²) in [4.78, 5) is 32.5. The van der Waals surface area contributed by atoms with Gasteiger partial charge in [0.2, 0.25) is 5.91 Å². The van der Waals surface area contributed by atoms with E-state index in [9.17, 15) is 9.59 Å². The maximum Gasteiger partial charge on any atom is 0.321 e. The lowest BCUT2D eigenvalue weighted by molar-refractivity contribution is -0.131. The van der Waals surface area contributed by atoms with Gasteiger partial charge in [-0.15, -0.1) is 0 Å². The summed E-state index contributed by atoms with van der Waals surface area (Å²) in [6, 6.07) is 11.3. The molecule has 0 radical (unpaired) electrons. The van der Waals surface area contributed by atoms with Gasteiger partial charge in [-0.25, -0.2) is 4.79 Å². The normalized spacial score (nSPS) is 18.7. The molecule has 164 valence electrons. The SMILES string of the molecule is CC(C)CC(=O)N1CC[C@@H](Oc2ccc(NC(=O)N3CC(c4cccnc4)C3)cc2)C1. The van der Waals surface area contributed by atoms with Gasteiger partial charge in [-0.2, -0.15) is 0 Å². The highest BCUT2D eigenvalue weighted by Gasteiger charge is 2.32. The van der Waals surface area contributed by atoms with Crippen LogP contribution in [0.4, 0.5) is 10.5 Å². The molecule has 2 aromatic rings. The molecular formula is C24H30N4O3. The third kappa shape index (κ3) is 5.34. The van der Waals surface area contributed by atoms with E-state index in [0.717, 1.165) is 24.4 Å². The molecule has 0 saturated carbocycles. The number of hydrogen-bond donors (Lipinski definition) is 1. The van der Waals surface area contributed by atoms with Crippen LogP contribution in [0.25, 0.3) is 0 Å². The van der Waals surface area contributed by atoms with Crippen molar-refractivity contribution in [3.05, 3.63) is 54.4 Å². The number of benzene rings is 1. The van der Waals surface area contributed by atoms with E-state index < -0.39 is 0 Å². The largest absolute Gasteiger partial charge is 0.489 e. The molecule has 7 heteroatoms. The molecule has 7 nitrogen and oxygen atoms in total. The maximum absolute atomic E-state index is 12.4. The number of rotatable bonds is 6. The summed E-state index contributed by atoms with van der Waals surface area (Å²) in [7, 11) is 0. The molecule has 2 fully saturated rings. The van der Waals surface area contributed by atoms with E-state index in [1.807, 2.05) is 41.4 Å². The number of urea groups is 1. The number of anilines is 1. The van der Waals surface area contributed by atoms with Crippen LogP contribution >= 0.6 is 0 Å². The highest BCUT2D eigenvalue weighted by molar-refractivity contribution is 5.90. The lowest BCUT2D eigenvalue weighted by Crippen LogP contribution is -2.50. The van der Waals surface area contributed by atoms with Crippen LogP contribution in [0, 0.1) is 5.92 Å². The molecule has 4 rings (SSSR count). The third-order valence-corrected chi connectivity index (χ3v) is 5.81. The molecule has 0 bridgehead atoms. The topological polar surface area (TPSA) is 74.8 Å². The molecule has 3 amide bonds. The van der Waals surface area contributed by atoms with Gasteiger partial charge in [0.25, 0.3) is 0 Å². The van der Waals surface area contributed by atoms with E-state index in [1.54, 1.807) is 11.1 Å². The first-order valence-electron chi connectivity index (χ1n) is 11.0. The standard InChI is InChI=1S/C24H30N4O3/c1-17(2)12-23(29)27-11-9-22(16-27)31-21-7-5-20(6-8-21)26-24(30)28-14-19(15-28)18-4-3-10-25-13-18/h3-8,10,13,17,19,22H,9,11-12,14-16H2,1-2H3,(H,26,30)/t22-/m1/s1. The van der Waals surface area contributed by atoms with Crippen molar-refractivity contribution < 1.29 is 14.3 Å². The van der Waals surface area contributed by atoms with Gasteiger partial charge >= 0.3 is 6.03 Å². The number of hydrogen-bond acceptors (Lipinski definition) is 4. The Hall–Kier alpha value is -3.09. The molecule has 2 saturated heterocycles. The predicted molar refractivity (Wildman–Crippen MR) is 119 cm³/mol. The molecule has 0 aliphatic carbocycles. The van der Waals surface area contributed by atoms with Crippen LogP contribution in [0.5, 0.6) is 5.75 Å². The lowest BCUT2D eigenvalue weighted by Gasteiger charge is -2.39. The Morgan fingerprint density at radius 3 is 2.58 bits per heavy atom. The second kappa shape index (κ2) is 9.37. The summed E-state index contributed by atoms with van der Waals surface area (Å²) in [5.74, 6) is 1.68. The number of pyridine rings is 1. The maximum atomic E-state index is 12.4. The average Bonchev–Trinajstić information content (AvgIpc) is 3.17. The van der Waals surface area contributed by atoms with Crippen LogP contribution in [0.1, 0.15) is 38.2 Å². The van der Waals surface area contributed by atoms with Crippen molar-refractivity contribution in [2.75, 3.05) is 31.5 Å². The Balaban J connectivity index is 1.22. The summed E-state index contributed by atoms with van der Waals surface area (Å²) in [6.07, 6.45) is 5.07. The first-order chi connectivity index (χ1) is 15.0. The van der Waals surface area contributed by atoms with Gasteiger partial charge in [-0.3, -0.25) is 9.78 Å². The van der Waals surface area contributed by atoms with Crippen molar-refractivity contribution in [2.24, 2.45) is 5.92 Å². The summed E-state index contributed by atoms with van der Waals surface area (Å²) in [5, 5.41) is 2.94. The zero-order valence-electron chi connectivity index (χ0n) is 18.2. The zero-order valence-corrected chi connectivity index (χ0v) is 18.2. The molecule has 1 N–H and O–H groups in total. The second-order valence-corrected chi connectivity index (χ2v) is 8.81. The van der Waals surface area contributed by atoms with Gasteiger partial charge < -0.3 is 19.9 Å². The molecule has 1 aromatic carbocycles. The fourth-order valence-electron chi connectivity index (χ4n) is 4.01. The minimum atomic E-state index is -0.0936. The van der Waals surface area contributed by atoms with Crippen molar-refractivity contribution in [1.29, 1.82) is 0 Å². The molecule has 1 aromatic heterocycles. The monoisotopic (exact) mass is 422 g/mol. The Labute approximate surface area is 183 Å². The van der Waals surface area contributed by atoms with Crippen LogP contribution in [0.3, 0.4) is 0 Å². The van der Waals surface area contributed by atoms with Crippen molar-refractivity contribution in [2.45, 2.75) is 38.7 Å². The molecule has 2 aliphatic heterocycles. The number of carbonyl (C=O) groups is 2. The number of nitrogens with zero attached hydrogens (tertiary/aromatic N) is 3. The van der Waals surface area contributed by atoms with E-state index in [4.69, 9.17) is 4.74 Å². The molecule has 0 unspecified atom stereocenters. The first kappa shape index (κ1) is 21.2. The second-order valence-electron chi connectivity index (χ2n) is 8.81. The van der Waals surface area contributed by atoms with Gasteiger partial charge in [-0.05, 0) is 41.8 Å². The quantitative estimate of drug-likeness (QED) is 0.770.